The van der Waals surface area contributed by atoms with E-state index in [9.17, 15) is 28.6 Å². The Bertz CT molecular complexity index is 640. The molecule has 0 aliphatic carbocycles. The summed E-state index contributed by atoms with van der Waals surface area (Å²) in [5, 5.41) is 36.0. The van der Waals surface area contributed by atoms with Gasteiger partial charge in [0.15, 0.2) is 0 Å². The van der Waals surface area contributed by atoms with Crippen molar-refractivity contribution in [2.45, 2.75) is 38.5 Å². The average Bonchev–Trinajstić information content (AvgIpc) is 2.58. The zero-order valence-corrected chi connectivity index (χ0v) is 15.8. The molecular weight excluding hydrogens is 376 g/mol. The topological polar surface area (TPSA) is 131 Å². The van der Waals surface area contributed by atoms with Crippen LogP contribution in [-0.4, -0.2) is 65.2 Å². The number of halogens is 2. The fourth-order valence-corrected chi connectivity index (χ4v) is 2.50. The molecule has 0 spiro atoms. The fraction of sp³-hybridized carbons (Fsp3) is 0.556. The Labute approximate surface area is 161 Å². The quantitative estimate of drug-likeness (QED) is 0.314. The molecule has 1 rings (SSSR count). The summed E-state index contributed by atoms with van der Waals surface area (Å²) in [5.74, 6) is -1.89. The van der Waals surface area contributed by atoms with Crippen LogP contribution in [0.2, 0.25) is 0 Å². The normalized spacial score (nSPS) is 14.4. The molecular formula is C18H27F2N3O5. The number of rotatable bonds is 11. The largest absolute Gasteiger partial charge is 0.465 e. The van der Waals surface area contributed by atoms with Crippen LogP contribution in [0, 0.1) is 17.6 Å². The lowest BCUT2D eigenvalue weighted by Crippen LogP contribution is -2.53. The van der Waals surface area contributed by atoms with Crippen molar-refractivity contribution < 1.29 is 33.7 Å². The van der Waals surface area contributed by atoms with E-state index in [-0.39, 0.29) is 24.4 Å². The molecule has 0 heterocycles. The van der Waals surface area contributed by atoms with Gasteiger partial charge in [-0.25, -0.2) is 13.6 Å². The zero-order chi connectivity index (χ0) is 21.3. The van der Waals surface area contributed by atoms with Crippen molar-refractivity contribution in [2.24, 2.45) is 5.92 Å². The molecule has 0 aliphatic rings. The molecule has 0 aliphatic heterocycles. The van der Waals surface area contributed by atoms with Crippen LogP contribution >= 0.6 is 0 Å². The maximum absolute atomic E-state index is 13.3. The molecule has 6 N–H and O–H groups in total. The summed E-state index contributed by atoms with van der Waals surface area (Å²) in [6.45, 7) is 3.46. The SMILES string of the molecule is CC(C)CNC(=O)[C@H](CO)NCC(O)C(Cc1cc(F)cc(F)c1)NC(=O)O. The molecule has 2 unspecified atom stereocenters. The number of hydrogen-bond acceptors (Lipinski definition) is 5. The van der Waals surface area contributed by atoms with E-state index >= 15 is 0 Å². The van der Waals surface area contributed by atoms with E-state index in [2.05, 4.69) is 16.0 Å². The van der Waals surface area contributed by atoms with E-state index in [1.807, 2.05) is 13.8 Å². The maximum Gasteiger partial charge on any atom is 0.404 e. The Kier molecular flexibility index (Phi) is 9.77. The number of hydrogen-bond donors (Lipinski definition) is 6. The first-order valence-corrected chi connectivity index (χ1v) is 8.86. The second-order valence-electron chi connectivity index (χ2n) is 6.89. The number of carboxylic acid groups (broad SMARTS) is 1. The Hall–Kier alpha value is -2.30. The molecule has 2 amide bonds. The number of aliphatic hydroxyl groups is 2. The summed E-state index contributed by atoms with van der Waals surface area (Å²) in [7, 11) is 0. The smallest absolute Gasteiger partial charge is 0.404 e. The van der Waals surface area contributed by atoms with Crippen LogP contribution in [0.15, 0.2) is 18.2 Å². The van der Waals surface area contributed by atoms with Gasteiger partial charge in [-0.1, -0.05) is 13.8 Å². The van der Waals surface area contributed by atoms with Crippen LogP contribution in [-0.2, 0) is 11.2 Å². The molecule has 1 aromatic rings. The Morgan fingerprint density at radius 3 is 2.21 bits per heavy atom. The van der Waals surface area contributed by atoms with Crippen molar-refractivity contribution in [3.8, 4) is 0 Å². The second-order valence-corrected chi connectivity index (χ2v) is 6.89. The van der Waals surface area contributed by atoms with Gasteiger partial charge in [0.05, 0.1) is 18.8 Å². The lowest BCUT2D eigenvalue weighted by Gasteiger charge is -2.25. The molecule has 1 aromatic carbocycles. The number of benzene rings is 1. The average molecular weight is 403 g/mol. The van der Waals surface area contributed by atoms with Crippen LogP contribution in [0.25, 0.3) is 0 Å². The van der Waals surface area contributed by atoms with Gasteiger partial charge in [-0.2, -0.15) is 0 Å². The number of carbonyl (C=O) groups excluding carboxylic acids is 1. The Morgan fingerprint density at radius 1 is 1.11 bits per heavy atom. The molecule has 0 bridgehead atoms. The van der Waals surface area contributed by atoms with Gasteiger partial charge in [-0.05, 0) is 30.0 Å². The van der Waals surface area contributed by atoms with E-state index in [1.54, 1.807) is 0 Å². The van der Waals surface area contributed by atoms with Crippen LogP contribution in [0.5, 0.6) is 0 Å². The molecule has 158 valence electrons. The molecule has 28 heavy (non-hydrogen) atoms. The molecule has 0 saturated carbocycles. The Balaban J connectivity index is 2.73. The van der Waals surface area contributed by atoms with Gasteiger partial charge < -0.3 is 31.3 Å². The van der Waals surface area contributed by atoms with Gasteiger partial charge in [0.25, 0.3) is 0 Å². The lowest BCUT2D eigenvalue weighted by molar-refractivity contribution is -0.124. The number of carbonyl (C=O) groups is 2. The number of nitrogens with one attached hydrogen (secondary N) is 3. The minimum Gasteiger partial charge on any atom is -0.465 e. The molecule has 10 heteroatoms. The van der Waals surface area contributed by atoms with Crippen molar-refractivity contribution in [1.29, 1.82) is 0 Å². The maximum atomic E-state index is 13.3. The highest BCUT2D eigenvalue weighted by molar-refractivity contribution is 5.81. The van der Waals surface area contributed by atoms with Gasteiger partial charge in [0.2, 0.25) is 5.91 Å². The minimum atomic E-state index is -1.42. The summed E-state index contributed by atoms with van der Waals surface area (Å²) < 4.78 is 26.7. The highest BCUT2D eigenvalue weighted by atomic mass is 19.1. The van der Waals surface area contributed by atoms with E-state index in [4.69, 9.17) is 5.11 Å². The standard InChI is InChI=1S/C18H27F2N3O5/c1-10(2)7-22-17(26)15(9-24)21-8-16(25)14(23-18(27)28)5-11-3-12(19)6-13(20)4-11/h3-4,6,10,14-16,21,23-25H,5,7-9H2,1-2H3,(H,22,26)(H,27,28)/t14?,15-,16?/m0/s1. The summed E-state index contributed by atoms with van der Waals surface area (Å²) in [6, 6.07) is 0.670. The van der Waals surface area contributed by atoms with Gasteiger partial charge in [-0.15, -0.1) is 0 Å². The molecule has 0 radical (unpaired) electrons. The third-order valence-corrected chi connectivity index (χ3v) is 3.91. The van der Waals surface area contributed by atoms with Crippen LogP contribution < -0.4 is 16.0 Å². The highest BCUT2D eigenvalue weighted by Crippen LogP contribution is 2.12. The van der Waals surface area contributed by atoms with Crippen LogP contribution in [0.4, 0.5) is 13.6 Å². The third-order valence-electron chi connectivity index (χ3n) is 3.91. The predicted molar refractivity (Wildman–Crippen MR) is 97.7 cm³/mol. The Morgan fingerprint density at radius 2 is 1.71 bits per heavy atom. The first-order valence-electron chi connectivity index (χ1n) is 8.86. The molecule has 3 atom stereocenters. The predicted octanol–water partition coefficient (Wildman–Crippen LogP) is 0.227. The minimum absolute atomic E-state index is 0.156. The zero-order valence-electron chi connectivity index (χ0n) is 15.8. The van der Waals surface area contributed by atoms with Crippen molar-refractivity contribution in [3.63, 3.8) is 0 Å². The number of amides is 2. The van der Waals surface area contributed by atoms with Crippen molar-refractivity contribution >= 4 is 12.0 Å². The highest BCUT2D eigenvalue weighted by Gasteiger charge is 2.25. The summed E-state index contributed by atoms with van der Waals surface area (Å²) in [4.78, 5) is 23.0. The van der Waals surface area contributed by atoms with Crippen LogP contribution in [0.1, 0.15) is 19.4 Å². The fourth-order valence-electron chi connectivity index (χ4n) is 2.50. The van der Waals surface area contributed by atoms with Crippen molar-refractivity contribution in [3.05, 3.63) is 35.4 Å². The van der Waals surface area contributed by atoms with E-state index < -0.39 is 48.4 Å². The number of aliphatic hydroxyl groups excluding tert-OH is 2. The van der Waals surface area contributed by atoms with Crippen molar-refractivity contribution in [2.75, 3.05) is 19.7 Å². The van der Waals surface area contributed by atoms with Gasteiger partial charge >= 0.3 is 6.09 Å². The molecule has 8 nitrogen and oxygen atoms in total. The summed E-state index contributed by atoms with van der Waals surface area (Å²) in [5.41, 5.74) is 0.156. The van der Waals surface area contributed by atoms with Gasteiger partial charge in [0.1, 0.15) is 17.7 Å². The summed E-state index contributed by atoms with van der Waals surface area (Å²) in [6.07, 6.45) is -2.92. The molecule has 0 aromatic heterocycles. The molecule has 0 fully saturated rings. The molecule has 0 saturated heterocycles. The first kappa shape index (κ1) is 23.7. The van der Waals surface area contributed by atoms with E-state index in [0.29, 0.717) is 12.6 Å². The van der Waals surface area contributed by atoms with E-state index in [1.165, 1.54) is 0 Å². The third kappa shape index (κ3) is 8.59. The lowest BCUT2D eigenvalue weighted by atomic mass is 10.0. The van der Waals surface area contributed by atoms with E-state index in [0.717, 1.165) is 12.1 Å². The summed E-state index contributed by atoms with van der Waals surface area (Å²) >= 11 is 0. The van der Waals surface area contributed by atoms with Crippen LogP contribution in [0.3, 0.4) is 0 Å². The van der Waals surface area contributed by atoms with Gasteiger partial charge in [0, 0.05) is 19.2 Å². The first-order chi connectivity index (χ1) is 13.1. The monoisotopic (exact) mass is 403 g/mol. The van der Waals surface area contributed by atoms with Crippen molar-refractivity contribution in [1.82, 2.24) is 16.0 Å². The second kappa shape index (κ2) is 11.5. The van der Waals surface area contributed by atoms with Gasteiger partial charge in [-0.3, -0.25) is 4.79 Å².